The molecular formula is C49H29N5OS. The van der Waals surface area contributed by atoms with Gasteiger partial charge in [-0.15, -0.1) is 11.3 Å². The van der Waals surface area contributed by atoms with Gasteiger partial charge in [0.05, 0.1) is 15.9 Å². The monoisotopic (exact) mass is 735 g/mol. The second-order valence-corrected chi connectivity index (χ2v) is 14.7. The van der Waals surface area contributed by atoms with Crippen LogP contribution in [0.5, 0.6) is 0 Å². The van der Waals surface area contributed by atoms with Gasteiger partial charge in [0, 0.05) is 54.2 Å². The minimum atomic E-state index is 0.589. The summed E-state index contributed by atoms with van der Waals surface area (Å²) in [6.07, 6.45) is 0. The van der Waals surface area contributed by atoms with E-state index in [0.29, 0.717) is 23.3 Å². The molecule has 0 aliphatic heterocycles. The van der Waals surface area contributed by atoms with Crippen molar-refractivity contribution in [2.75, 3.05) is 0 Å². The summed E-state index contributed by atoms with van der Waals surface area (Å²) in [5.74, 6) is 2.52. The lowest BCUT2D eigenvalue weighted by molar-refractivity contribution is 0.670. The standard InChI is InChI=1S/C49H29N5OS/c1-4-14-31(15-5-1)42-45-43(36-20-10-11-25-40(36)56-45)51-46(50-42)34-28-26-30(27-29-34)35-21-12-22-37-41-38(23-13-24-39(41)55-44(35)37)49-53-47(32-16-6-2-7-17-32)52-48(54-49)33-18-8-3-9-19-33/h1-29H. The van der Waals surface area contributed by atoms with Crippen LogP contribution in [0.2, 0.25) is 0 Å². The fraction of sp³-hybridized carbons (Fsp3) is 0. The first-order valence-corrected chi connectivity index (χ1v) is 19.2. The third kappa shape index (κ3) is 5.44. The van der Waals surface area contributed by atoms with Crippen LogP contribution < -0.4 is 0 Å². The van der Waals surface area contributed by atoms with E-state index >= 15 is 0 Å². The number of hydrogen-bond donors (Lipinski definition) is 0. The first kappa shape index (κ1) is 32.1. The van der Waals surface area contributed by atoms with Crippen LogP contribution in [0.25, 0.3) is 110 Å². The van der Waals surface area contributed by atoms with Crippen LogP contribution in [-0.2, 0) is 0 Å². The number of aromatic nitrogens is 5. The highest BCUT2D eigenvalue weighted by Gasteiger charge is 2.20. The minimum absolute atomic E-state index is 0.589. The van der Waals surface area contributed by atoms with Crippen molar-refractivity contribution in [2.45, 2.75) is 0 Å². The van der Waals surface area contributed by atoms with Crippen molar-refractivity contribution in [3.8, 4) is 67.9 Å². The summed E-state index contributed by atoms with van der Waals surface area (Å²) in [5.41, 5.74) is 10.3. The number of furan rings is 1. The fourth-order valence-corrected chi connectivity index (χ4v) is 8.65. The Morgan fingerprint density at radius 3 is 1.62 bits per heavy atom. The third-order valence-electron chi connectivity index (χ3n) is 10.2. The van der Waals surface area contributed by atoms with Gasteiger partial charge in [-0.1, -0.05) is 164 Å². The molecule has 11 rings (SSSR count). The molecule has 7 aromatic carbocycles. The SMILES string of the molecule is c1ccc(-c2nc(-c3ccccc3)nc(-c3cccc4oc5c(-c6ccc(-c7nc(-c8ccccc8)c8sc9ccccc9c8n7)cc6)cccc5c34)n2)cc1. The molecule has 0 bridgehead atoms. The molecule has 0 aliphatic rings. The lowest BCUT2D eigenvalue weighted by Crippen LogP contribution is -2.00. The van der Waals surface area contributed by atoms with Gasteiger partial charge in [-0.3, -0.25) is 0 Å². The number of hydrogen-bond acceptors (Lipinski definition) is 7. The summed E-state index contributed by atoms with van der Waals surface area (Å²) < 4.78 is 8.99. The van der Waals surface area contributed by atoms with Crippen molar-refractivity contribution in [1.29, 1.82) is 0 Å². The van der Waals surface area contributed by atoms with Crippen LogP contribution in [0.15, 0.2) is 180 Å². The molecular weight excluding hydrogens is 707 g/mol. The minimum Gasteiger partial charge on any atom is -0.455 e. The topological polar surface area (TPSA) is 77.6 Å². The maximum absolute atomic E-state index is 6.69. The predicted octanol–water partition coefficient (Wildman–Crippen LogP) is 12.9. The first-order valence-electron chi connectivity index (χ1n) is 18.4. The molecule has 262 valence electrons. The Hall–Kier alpha value is -7.35. The number of benzene rings is 7. The van der Waals surface area contributed by atoms with E-state index in [-0.39, 0.29) is 0 Å². The lowest BCUT2D eigenvalue weighted by atomic mass is 9.99. The van der Waals surface area contributed by atoms with Gasteiger partial charge >= 0.3 is 0 Å². The number of rotatable bonds is 6. The molecule has 0 radical (unpaired) electrons. The molecule has 56 heavy (non-hydrogen) atoms. The quantitative estimate of drug-likeness (QED) is 0.169. The third-order valence-corrected chi connectivity index (χ3v) is 11.4. The van der Waals surface area contributed by atoms with Gasteiger partial charge in [0.25, 0.3) is 0 Å². The van der Waals surface area contributed by atoms with E-state index in [2.05, 4.69) is 97.1 Å². The van der Waals surface area contributed by atoms with Gasteiger partial charge in [-0.25, -0.2) is 24.9 Å². The van der Waals surface area contributed by atoms with Crippen LogP contribution in [0, 0.1) is 0 Å². The Morgan fingerprint density at radius 2 is 0.911 bits per heavy atom. The normalized spacial score (nSPS) is 11.6. The summed E-state index contributed by atoms with van der Waals surface area (Å²) in [6, 6.07) is 59.7. The maximum atomic E-state index is 6.69. The van der Waals surface area contributed by atoms with Crippen molar-refractivity contribution in [1.82, 2.24) is 24.9 Å². The molecule has 0 aliphatic carbocycles. The Bertz CT molecular complexity index is 3180. The maximum Gasteiger partial charge on any atom is 0.164 e. The van der Waals surface area contributed by atoms with Gasteiger partial charge in [0.15, 0.2) is 23.3 Å². The molecule has 4 aromatic heterocycles. The first-order chi connectivity index (χ1) is 27.7. The molecule has 0 amide bonds. The zero-order chi connectivity index (χ0) is 37.0. The van der Waals surface area contributed by atoms with Crippen LogP contribution >= 0.6 is 11.3 Å². The summed E-state index contributed by atoms with van der Waals surface area (Å²) >= 11 is 1.74. The van der Waals surface area contributed by atoms with Crippen LogP contribution in [-0.4, -0.2) is 24.9 Å². The van der Waals surface area contributed by atoms with Crippen LogP contribution in [0.3, 0.4) is 0 Å². The Kier molecular flexibility index (Phi) is 7.57. The van der Waals surface area contributed by atoms with Crippen molar-refractivity contribution >= 4 is 53.6 Å². The van der Waals surface area contributed by atoms with Crippen molar-refractivity contribution < 1.29 is 4.42 Å². The molecule has 4 heterocycles. The second-order valence-electron chi connectivity index (χ2n) is 13.6. The Balaban J connectivity index is 1.03. The molecule has 0 spiro atoms. The van der Waals surface area contributed by atoms with Crippen molar-refractivity contribution in [3.63, 3.8) is 0 Å². The summed E-state index contributed by atoms with van der Waals surface area (Å²) in [7, 11) is 0. The molecule has 0 saturated carbocycles. The number of fused-ring (bicyclic) bond motifs is 6. The highest BCUT2D eigenvalue weighted by atomic mass is 32.1. The molecule has 0 fully saturated rings. The summed E-state index contributed by atoms with van der Waals surface area (Å²) in [6.45, 7) is 0. The van der Waals surface area contributed by atoms with E-state index in [1.54, 1.807) is 11.3 Å². The molecule has 7 heteroatoms. The van der Waals surface area contributed by atoms with E-state index in [1.165, 1.54) is 4.70 Å². The number of thiophene rings is 1. The van der Waals surface area contributed by atoms with E-state index in [0.717, 1.165) is 82.2 Å². The van der Waals surface area contributed by atoms with Crippen molar-refractivity contribution in [3.05, 3.63) is 176 Å². The van der Waals surface area contributed by atoms with Gasteiger partial charge < -0.3 is 4.42 Å². The molecule has 11 aromatic rings. The fourth-order valence-electron chi connectivity index (χ4n) is 7.50. The van der Waals surface area contributed by atoms with Crippen LogP contribution in [0.1, 0.15) is 0 Å². The van der Waals surface area contributed by atoms with Gasteiger partial charge in [-0.05, 0) is 17.7 Å². The largest absolute Gasteiger partial charge is 0.455 e. The zero-order valence-electron chi connectivity index (χ0n) is 29.8. The van der Waals surface area contributed by atoms with Gasteiger partial charge in [0.2, 0.25) is 0 Å². The predicted molar refractivity (Wildman–Crippen MR) is 228 cm³/mol. The molecule has 6 nitrogen and oxygen atoms in total. The van der Waals surface area contributed by atoms with Gasteiger partial charge in [-0.2, -0.15) is 0 Å². The van der Waals surface area contributed by atoms with E-state index in [4.69, 9.17) is 29.3 Å². The van der Waals surface area contributed by atoms with E-state index < -0.39 is 0 Å². The summed E-state index contributed by atoms with van der Waals surface area (Å²) in [4.78, 5) is 25.3. The molecule has 0 saturated heterocycles. The zero-order valence-corrected chi connectivity index (χ0v) is 30.6. The average molecular weight is 736 g/mol. The molecule has 0 atom stereocenters. The van der Waals surface area contributed by atoms with Crippen molar-refractivity contribution in [2.24, 2.45) is 0 Å². The lowest BCUT2D eigenvalue weighted by Gasteiger charge is -2.09. The highest BCUT2D eigenvalue weighted by Crippen LogP contribution is 2.42. The Labute approximate surface area is 325 Å². The number of nitrogens with zero attached hydrogens (tertiary/aromatic N) is 5. The molecule has 0 N–H and O–H groups in total. The summed E-state index contributed by atoms with van der Waals surface area (Å²) in [5, 5.41) is 3.10. The van der Waals surface area contributed by atoms with Gasteiger partial charge in [0.1, 0.15) is 11.2 Å². The smallest absolute Gasteiger partial charge is 0.164 e. The number of para-hydroxylation sites is 1. The van der Waals surface area contributed by atoms with E-state index in [9.17, 15) is 0 Å². The second kappa shape index (κ2) is 13.2. The molecule has 0 unspecified atom stereocenters. The highest BCUT2D eigenvalue weighted by molar-refractivity contribution is 7.26. The Morgan fingerprint density at radius 1 is 0.375 bits per heavy atom. The van der Waals surface area contributed by atoms with E-state index in [1.807, 2.05) is 78.9 Å². The average Bonchev–Trinajstić information content (AvgIpc) is 3.86. The van der Waals surface area contributed by atoms with Crippen LogP contribution in [0.4, 0.5) is 0 Å².